The van der Waals surface area contributed by atoms with E-state index in [-0.39, 0.29) is 12.6 Å². The van der Waals surface area contributed by atoms with Crippen LogP contribution in [0.4, 0.5) is 17.5 Å². The Kier molecular flexibility index (Phi) is 4.45. The summed E-state index contributed by atoms with van der Waals surface area (Å²) in [4.78, 5) is 9.02. The number of nitrogens with zero attached hydrogens (tertiary/aromatic N) is 2. The van der Waals surface area contributed by atoms with Crippen LogP contribution in [0.5, 0.6) is 0 Å². The van der Waals surface area contributed by atoms with E-state index in [9.17, 15) is 5.11 Å². The average Bonchev–Trinajstić information content (AvgIpc) is 3.34. The van der Waals surface area contributed by atoms with Gasteiger partial charge in [0.15, 0.2) is 0 Å². The zero-order valence-electron chi connectivity index (χ0n) is 12.4. The highest BCUT2D eigenvalue weighted by Gasteiger charge is 2.26. The van der Waals surface area contributed by atoms with Gasteiger partial charge in [-0.3, -0.25) is 0 Å². The van der Waals surface area contributed by atoms with Gasteiger partial charge in [-0.15, -0.1) is 0 Å². The summed E-state index contributed by atoms with van der Waals surface area (Å²) in [7, 11) is 0. The first-order chi connectivity index (χ1) is 10.6. The van der Waals surface area contributed by atoms with Gasteiger partial charge in [0.2, 0.25) is 5.95 Å². The van der Waals surface area contributed by atoms with E-state index >= 15 is 0 Å². The number of aromatic nitrogens is 2. The third-order valence-electron chi connectivity index (χ3n) is 3.51. The quantitative estimate of drug-likeness (QED) is 0.760. The van der Waals surface area contributed by atoms with Crippen LogP contribution >= 0.6 is 11.6 Å². The topological polar surface area (TPSA) is 70.1 Å². The van der Waals surface area contributed by atoms with Gasteiger partial charge in [0, 0.05) is 28.7 Å². The van der Waals surface area contributed by atoms with Crippen LogP contribution in [0.25, 0.3) is 0 Å². The Labute approximate surface area is 134 Å². The van der Waals surface area contributed by atoms with Crippen molar-refractivity contribution < 1.29 is 5.11 Å². The van der Waals surface area contributed by atoms with Crippen molar-refractivity contribution in [1.29, 1.82) is 0 Å². The molecule has 1 aliphatic rings. The zero-order valence-corrected chi connectivity index (χ0v) is 13.1. The van der Waals surface area contributed by atoms with E-state index in [0.29, 0.717) is 16.9 Å². The lowest BCUT2D eigenvalue weighted by Gasteiger charge is -2.14. The van der Waals surface area contributed by atoms with Gasteiger partial charge < -0.3 is 15.7 Å². The van der Waals surface area contributed by atoms with Gasteiger partial charge in [0.1, 0.15) is 5.82 Å². The summed E-state index contributed by atoms with van der Waals surface area (Å²) in [5, 5.41) is 16.3. The monoisotopic (exact) mass is 318 g/mol. The minimum atomic E-state index is -0.0853. The smallest absolute Gasteiger partial charge is 0.225 e. The van der Waals surface area contributed by atoms with Crippen LogP contribution in [0.3, 0.4) is 0 Å². The molecule has 3 rings (SSSR count). The maximum atomic E-state index is 9.17. The fourth-order valence-electron chi connectivity index (χ4n) is 2.13. The second-order valence-electron chi connectivity index (χ2n) is 5.64. The number of nitrogens with one attached hydrogen (secondary N) is 2. The predicted molar refractivity (Wildman–Crippen MR) is 88.9 cm³/mol. The number of hydrogen-bond acceptors (Lipinski definition) is 5. The molecule has 22 heavy (non-hydrogen) atoms. The van der Waals surface area contributed by atoms with Crippen LogP contribution in [0, 0.1) is 0 Å². The predicted octanol–water partition coefficient (Wildman–Crippen LogP) is 3.54. The molecule has 1 aliphatic carbocycles. The lowest BCUT2D eigenvalue weighted by Crippen LogP contribution is -2.21. The molecular weight excluding hydrogens is 300 g/mol. The van der Waals surface area contributed by atoms with E-state index in [4.69, 9.17) is 11.6 Å². The van der Waals surface area contributed by atoms with Gasteiger partial charge >= 0.3 is 0 Å². The molecule has 116 valence electrons. The van der Waals surface area contributed by atoms with E-state index < -0.39 is 0 Å². The van der Waals surface area contributed by atoms with Gasteiger partial charge in [-0.05, 0) is 44.0 Å². The lowest BCUT2D eigenvalue weighted by molar-refractivity contribution is 0.281. The first-order valence-corrected chi connectivity index (χ1v) is 7.81. The van der Waals surface area contributed by atoms with Crippen molar-refractivity contribution in [2.45, 2.75) is 31.7 Å². The maximum absolute atomic E-state index is 9.17. The van der Waals surface area contributed by atoms with Crippen molar-refractivity contribution in [2.75, 3.05) is 17.2 Å². The molecule has 0 radical (unpaired) electrons. The largest absolute Gasteiger partial charge is 0.394 e. The highest BCUT2D eigenvalue weighted by Crippen LogP contribution is 2.40. The summed E-state index contributed by atoms with van der Waals surface area (Å²) in [6.07, 6.45) is 2.35. The molecule has 0 saturated heterocycles. The molecule has 2 aromatic rings. The Balaban J connectivity index is 1.83. The number of rotatable bonds is 6. The maximum Gasteiger partial charge on any atom is 0.225 e. The number of benzene rings is 1. The van der Waals surface area contributed by atoms with Gasteiger partial charge in [-0.25, -0.2) is 4.98 Å². The Morgan fingerprint density at radius 1 is 1.27 bits per heavy atom. The Morgan fingerprint density at radius 3 is 2.64 bits per heavy atom. The average molecular weight is 319 g/mol. The summed E-state index contributed by atoms with van der Waals surface area (Å²) in [6, 6.07) is 9.38. The fraction of sp³-hybridized carbons (Fsp3) is 0.375. The number of aliphatic hydroxyl groups excluding tert-OH is 1. The SMILES string of the molecule is C[C@@H](CO)Nc1nc(Nc2ccc(Cl)cc2)cc(C2CC2)n1. The van der Waals surface area contributed by atoms with Crippen molar-refractivity contribution in [1.82, 2.24) is 9.97 Å². The van der Waals surface area contributed by atoms with Crippen molar-refractivity contribution in [3.05, 3.63) is 41.0 Å². The molecule has 0 amide bonds. The summed E-state index contributed by atoms with van der Waals surface area (Å²) in [6.45, 7) is 1.93. The molecule has 1 aromatic heterocycles. The van der Waals surface area contributed by atoms with Gasteiger partial charge in [0.05, 0.1) is 12.3 Å². The number of anilines is 3. The minimum Gasteiger partial charge on any atom is -0.394 e. The number of hydrogen-bond donors (Lipinski definition) is 3. The molecule has 1 heterocycles. The van der Waals surface area contributed by atoms with Gasteiger partial charge in [-0.2, -0.15) is 4.98 Å². The molecule has 0 bridgehead atoms. The highest BCUT2D eigenvalue weighted by atomic mass is 35.5. The van der Waals surface area contributed by atoms with Crippen LogP contribution in [0.2, 0.25) is 5.02 Å². The van der Waals surface area contributed by atoms with E-state index in [1.807, 2.05) is 37.3 Å². The molecular formula is C16H19ClN4O. The van der Waals surface area contributed by atoms with Gasteiger partial charge in [0.25, 0.3) is 0 Å². The standard InChI is InChI=1S/C16H19ClN4O/c1-10(9-22)18-16-20-14(11-2-3-11)8-15(21-16)19-13-6-4-12(17)5-7-13/h4-8,10-11,22H,2-3,9H2,1H3,(H2,18,19,20,21)/t10-/m0/s1. The normalized spacial score (nSPS) is 15.4. The summed E-state index contributed by atoms with van der Waals surface area (Å²) >= 11 is 5.90. The van der Waals surface area contributed by atoms with Crippen molar-refractivity contribution in [3.8, 4) is 0 Å². The molecule has 0 unspecified atom stereocenters. The second-order valence-corrected chi connectivity index (χ2v) is 6.07. The third-order valence-corrected chi connectivity index (χ3v) is 3.76. The molecule has 1 atom stereocenters. The number of aliphatic hydroxyl groups is 1. The highest BCUT2D eigenvalue weighted by molar-refractivity contribution is 6.30. The molecule has 1 aromatic carbocycles. The van der Waals surface area contributed by atoms with E-state index in [0.717, 1.165) is 17.2 Å². The van der Waals surface area contributed by atoms with Gasteiger partial charge in [-0.1, -0.05) is 11.6 Å². The number of halogens is 1. The summed E-state index contributed by atoms with van der Waals surface area (Å²) in [5.41, 5.74) is 1.96. The second kappa shape index (κ2) is 6.50. The van der Waals surface area contributed by atoms with E-state index in [1.54, 1.807) is 0 Å². The molecule has 5 nitrogen and oxygen atoms in total. The third kappa shape index (κ3) is 3.87. The minimum absolute atomic E-state index is 0.0387. The van der Waals surface area contributed by atoms with Crippen LogP contribution in [0.1, 0.15) is 31.4 Å². The fourth-order valence-corrected chi connectivity index (χ4v) is 2.26. The Hall–Kier alpha value is -1.85. The summed E-state index contributed by atoms with van der Waals surface area (Å²) in [5.74, 6) is 1.81. The zero-order chi connectivity index (χ0) is 15.5. The lowest BCUT2D eigenvalue weighted by atomic mass is 10.2. The van der Waals surface area contributed by atoms with Crippen LogP contribution in [0.15, 0.2) is 30.3 Å². The Bertz CT molecular complexity index is 643. The first-order valence-electron chi connectivity index (χ1n) is 7.43. The first kappa shape index (κ1) is 15.1. The summed E-state index contributed by atoms with van der Waals surface area (Å²) < 4.78 is 0. The van der Waals surface area contributed by atoms with Crippen LogP contribution < -0.4 is 10.6 Å². The van der Waals surface area contributed by atoms with Crippen molar-refractivity contribution in [2.24, 2.45) is 0 Å². The van der Waals surface area contributed by atoms with Crippen molar-refractivity contribution in [3.63, 3.8) is 0 Å². The van der Waals surface area contributed by atoms with E-state index in [2.05, 4.69) is 20.6 Å². The molecule has 6 heteroatoms. The van der Waals surface area contributed by atoms with Crippen LogP contribution in [-0.4, -0.2) is 27.7 Å². The Morgan fingerprint density at radius 2 is 2.00 bits per heavy atom. The molecule has 3 N–H and O–H groups in total. The van der Waals surface area contributed by atoms with E-state index in [1.165, 1.54) is 12.8 Å². The van der Waals surface area contributed by atoms with Crippen LogP contribution in [-0.2, 0) is 0 Å². The molecule has 1 saturated carbocycles. The van der Waals surface area contributed by atoms with Crippen molar-refractivity contribution >= 4 is 29.1 Å². The molecule has 1 fully saturated rings. The molecule has 0 spiro atoms. The molecule has 0 aliphatic heterocycles.